The molecule has 2 unspecified atom stereocenters. The van der Waals surface area contributed by atoms with Crippen LogP contribution in [0.1, 0.15) is 201 Å². The summed E-state index contributed by atoms with van der Waals surface area (Å²) in [7, 11) is 1.59. The van der Waals surface area contributed by atoms with Crippen molar-refractivity contribution in [1.29, 1.82) is 0 Å². The second-order valence-electron chi connectivity index (χ2n) is 16.4. The molecule has 0 bridgehead atoms. The largest absolute Gasteiger partial charge is 0.475 e. The molecule has 0 saturated heterocycles. The number of unbranched alkanes of at least 4 members (excludes halogenated alkanes) is 24. The van der Waals surface area contributed by atoms with E-state index in [1.54, 1.807) is 6.92 Å². The Hall–Kier alpha value is -1.52. The first-order chi connectivity index (χ1) is 26.9. The fourth-order valence-corrected chi connectivity index (χ4v) is 7.38. The Morgan fingerprint density at radius 3 is 1.30 bits per heavy atom. The minimum absolute atomic E-state index is 0.0290. The maximum absolute atomic E-state index is 13.6. The van der Waals surface area contributed by atoms with Crippen LogP contribution in [-0.2, 0) is 46.7 Å². The Bertz CT molecular complexity index is 989. The van der Waals surface area contributed by atoms with E-state index in [0.717, 1.165) is 38.5 Å². The highest BCUT2D eigenvalue weighted by Crippen LogP contribution is 2.49. The van der Waals surface area contributed by atoms with Crippen LogP contribution < -0.4 is 0 Å². The number of hydrogen-bond donors (Lipinski definition) is 0. The van der Waals surface area contributed by atoms with E-state index in [0.29, 0.717) is 17.4 Å². The molecule has 2 atom stereocenters. The van der Waals surface area contributed by atoms with Gasteiger partial charge in [0.1, 0.15) is 19.8 Å². The Balaban J connectivity index is 4.86. The standard InChI is InChI=1S/C44H87NO10P/c1-7-10-12-14-16-18-20-22-24-26-28-30-32-34-42(46)51-38-41(39-53-56(49,52-37-36-45(4,5)6)54-40-44(48)50-9-3)55-43(47)35-33-31-29-27-25-23-21-19-17-15-13-11-8-2/h41H,7-40H2,1-6H3/q+1. The number of esters is 3. The van der Waals surface area contributed by atoms with Crippen molar-refractivity contribution in [2.24, 2.45) is 0 Å². The Labute approximate surface area is 343 Å². The monoisotopic (exact) mass is 821 g/mol. The van der Waals surface area contributed by atoms with Gasteiger partial charge in [0.25, 0.3) is 0 Å². The molecule has 0 aliphatic carbocycles. The zero-order valence-electron chi connectivity index (χ0n) is 37.1. The third kappa shape index (κ3) is 38.0. The van der Waals surface area contributed by atoms with Crippen molar-refractivity contribution in [1.82, 2.24) is 0 Å². The van der Waals surface area contributed by atoms with Gasteiger partial charge in [0.05, 0.1) is 34.4 Å². The molecular formula is C44H87NO10P+. The van der Waals surface area contributed by atoms with Crippen LogP contribution in [0.4, 0.5) is 0 Å². The second-order valence-corrected chi connectivity index (χ2v) is 18.1. The van der Waals surface area contributed by atoms with Crippen LogP contribution in [0.15, 0.2) is 0 Å². The molecule has 0 amide bonds. The van der Waals surface area contributed by atoms with E-state index in [9.17, 15) is 18.9 Å². The molecular weight excluding hydrogens is 733 g/mol. The second kappa shape index (κ2) is 37.7. The highest BCUT2D eigenvalue weighted by molar-refractivity contribution is 7.48. The molecule has 0 spiro atoms. The van der Waals surface area contributed by atoms with E-state index in [4.69, 9.17) is 27.8 Å². The Kier molecular flexibility index (Phi) is 36.7. The molecule has 0 radical (unpaired) electrons. The topological polar surface area (TPSA) is 124 Å². The lowest BCUT2D eigenvalue weighted by Crippen LogP contribution is -2.37. The zero-order chi connectivity index (χ0) is 41.6. The predicted octanol–water partition coefficient (Wildman–Crippen LogP) is 11.8. The number of nitrogens with zero attached hydrogens (tertiary/aromatic N) is 1. The Morgan fingerprint density at radius 2 is 0.893 bits per heavy atom. The van der Waals surface area contributed by atoms with Crippen molar-refractivity contribution >= 4 is 25.7 Å². The minimum Gasteiger partial charge on any atom is -0.464 e. The lowest BCUT2D eigenvalue weighted by atomic mass is 10.0. The van der Waals surface area contributed by atoms with E-state index >= 15 is 0 Å². The first kappa shape index (κ1) is 54.5. The molecule has 11 nitrogen and oxygen atoms in total. The van der Waals surface area contributed by atoms with E-state index in [1.165, 1.54) is 122 Å². The molecule has 0 aliphatic heterocycles. The van der Waals surface area contributed by atoms with E-state index in [1.807, 2.05) is 21.1 Å². The Morgan fingerprint density at radius 1 is 0.482 bits per heavy atom. The molecule has 0 saturated carbocycles. The number of likely N-dealkylation sites (N-methyl/N-ethyl adjacent to an activating group) is 1. The van der Waals surface area contributed by atoms with Crippen LogP contribution in [0.25, 0.3) is 0 Å². The number of phosphoric acid groups is 1. The maximum atomic E-state index is 13.6. The molecule has 56 heavy (non-hydrogen) atoms. The molecule has 0 aliphatic rings. The molecule has 0 fully saturated rings. The quantitative estimate of drug-likeness (QED) is 0.0193. The number of rotatable bonds is 42. The van der Waals surface area contributed by atoms with E-state index < -0.39 is 39.1 Å². The maximum Gasteiger partial charge on any atom is 0.475 e. The summed E-state index contributed by atoms with van der Waals surface area (Å²) in [5.74, 6) is -1.54. The molecule has 0 aromatic rings. The third-order valence-corrected chi connectivity index (χ3v) is 11.2. The number of carbonyl (C=O) groups excluding carboxylic acids is 3. The van der Waals surface area contributed by atoms with Crippen LogP contribution in [0.2, 0.25) is 0 Å². The summed E-state index contributed by atoms with van der Waals surface area (Å²) in [4.78, 5) is 37.5. The summed E-state index contributed by atoms with van der Waals surface area (Å²) in [6.07, 6.45) is 30.9. The number of hydrogen-bond acceptors (Lipinski definition) is 10. The van der Waals surface area contributed by atoms with E-state index in [-0.39, 0.29) is 38.6 Å². The highest BCUT2D eigenvalue weighted by Gasteiger charge is 2.32. The van der Waals surface area contributed by atoms with E-state index in [2.05, 4.69) is 13.8 Å². The summed E-state index contributed by atoms with van der Waals surface area (Å²) in [5, 5.41) is 0. The summed E-state index contributed by atoms with van der Waals surface area (Å²) >= 11 is 0. The van der Waals surface area contributed by atoms with Gasteiger partial charge in [-0.1, -0.05) is 168 Å². The number of carbonyl (C=O) groups is 3. The van der Waals surface area contributed by atoms with Crippen molar-refractivity contribution < 1.29 is 51.2 Å². The molecule has 0 aromatic heterocycles. The van der Waals surface area contributed by atoms with Gasteiger partial charge in [-0.25, -0.2) is 9.36 Å². The fourth-order valence-electron chi connectivity index (χ4n) is 6.24. The smallest absolute Gasteiger partial charge is 0.464 e. The van der Waals surface area contributed by atoms with Gasteiger partial charge in [-0.2, -0.15) is 0 Å². The molecule has 0 N–H and O–H groups in total. The van der Waals surface area contributed by atoms with Crippen LogP contribution in [0, 0.1) is 0 Å². The minimum atomic E-state index is -4.27. The zero-order valence-corrected chi connectivity index (χ0v) is 38.0. The van der Waals surface area contributed by atoms with Crippen LogP contribution in [0.3, 0.4) is 0 Å². The summed E-state index contributed by atoms with van der Waals surface area (Å²) < 4.78 is 46.6. The average molecular weight is 821 g/mol. The van der Waals surface area contributed by atoms with Crippen LogP contribution in [0.5, 0.6) is 0 Å². The van der Waals surface area contributed by atoms with Gasteiger partial charge in [0.15, 0.2) is 12.7 Å². The SMILES string of the molecule is CCCCCCCCCCCCCCCC(=O)OCC(COP(=O)(OCC[N+](C)(C)C)OCC(=O)OCC)OC(=O)CCCCCCCCCCCCCCC. The van der Waals surface area contributed by atoms with Crippen molar-refractivity contribution in [3.05, 3.63) is 0 Å². The highest BCUT2D eigenvalue weighted by atomic mass is 31.2. The lowest BCUT2D eigenvalue weighted by Gasteiger charge is -2.25. The predicted molar refractivity (Wildman–Crippen MR) is 226 cm³/mol. The van der Waals surface area contributed by atoms with Crippen molar-refractivity contribution in [2.75, 3.05) is 60.7 Å². The van der Waals surface area contributed by atoms with Gasteiger partial charge in [0.2, 0.25) is 0 Å². The molecule has 0 heterocycles. The van der Waals surface area contributed by atoms with Gasteiger partial charge in [-0.05, 0) is 19.8 Å². The number of phosphoric ester groups is 1. The number of quaternary nitrogens is 1. The van der Waals surface area contributed by atoms with Crippen LogP contribution >= 0.6 is 7.82 Å². The van der Waals surface area contributed by atoms with Gasteiger partial charge in [-0.3, -0.25) is 23.2 Å². The summed E-state index contributed by atoms with van der Waals surface area (Å²) in [6.45, 7) is 5.52. The van der Waals surface area contributed by atoms with Crippen molar-refractivity contribution in [3.63, 3.8) is 0 Å². The summed E-state index contributed by atoms with van der Waals surface area (Å²) in [6, 6.07) is 0. The van der Waals surface area contributed by atoms with Crippen LogP contribution in [-0.4, -0.2) is 89.2 Å². The fraction of sp³-hybridized carbons (Fsp3) is 0.932. The van der Waals surface area contributed by atoms with Gasteiger partial charge >= 0.3 is 25.7 Å². The first-order valence-corrected chi connectivity index (χ1v) is 24.3. The number of ether oxygens (including phenoxy) is 3. The van der Waals surface area contributed by atoms with Crippen molar-refractivity contribution in [2.45, 2.75) is 207 Å². The normalized spacial score (nSPS) is 13.3. The molecule has 0 aromatic carbocycles. The van der Waals surface area contributed by atoms with Crippen molar-refractivity contribution in [3.8, 4) is 0 Å². The van der Waals surface area contributed by atoms with Gasteiger partial charge < -0.3 is 18.7 Å². The third-order valence-electron chi connectivity index (χ3n) is 9.77. The lowest BCUT2D eigenvalue weighted by molar-refractivity contribution is -0.870. The van der Waals surface area contributed by atoms with Gasteiger partial charge in [-0.15, -0.1) is 0 Å². The first-order valence-electron chi connectivity index (χ1n) is 22.8. The average Bonchev–Trinajstić information content (AvgIpc) is 3.15. The summed E-state index contributed by atoms with van der Waals surface area (Å²) in [5.41, 5.74) is 0. The molecule has 332 valence electrons. The molecule has 0 rings (SSSR count). The van der Waals surface area contributed by atoms with Gasteiger partial charge in [0, 0.05) is 12.8 Å². The molecule has 12 heteroatoms.